The van der Waals surface area contributed by atoms with Gasteiger partial charge in [-0.05, 0) is 37.5 Å². The number of hydrogen-bond acceptors (Lipinski definition) is 3. The second-order valence-electron chi connectivity index (χ2n) is 6.51. The maximum Gasteiger partial charge on any atom is 0.319 e. The van der Waals surface area contributed by atoms with Gasteiger partial charge >= 0.3 is 12.0 Å². The predicted molar refractivity (Wildman–Crippen MR) is 107 cm³/mol. The van der Waals surface area contributed by atoms with Crippen LogP contribution in [0.1, 0.15) is 25.3 Å². The van der Waals surface area contributed by atoms with Crippen LogP contribution >= 0.6 is 0 Å². The molecule has 2 aromatic rings. The predicted octanol–water partition coefficient (Wildman–Crippen LogP) is 2.79. The number of urea groups is 1. The quantitative estimate of drug-likeness (QED) is 0.534. The molecule has 0 aromatic heterocycles. The lowest BCUT2D eigenvalue weighted by Gasteiger charge is -2.21. The number of rotatable bonds is 9. The molecule has 2 atom stereocenters. The Hall–Kier alpha value is -3.35. The van der Waals surface area contributed by atoms with E-state index in [9.17, 15) is 14.4 Å². The Morgan fingerprint density at radius 1 is 0.929 bits per heavy atom. The molecule has 28 heavy (non-hydrogen) atoms. The van der Waals surface area contributed by atoms with Crippen LogP contribution in [0.25, 0.3) is 0 Å². The van der Waals surface area contributed by atoms with Gasteiger partial charge in [0.05, 0.1) is 0 Å². The minimum Gasteiger partial charge on any atom is -0.481 e. The van der Waals surface area contributed by atoms with Crippen LogP contribution in [0.15, 0.2) is 60.7 Å². The fourth-order valence-corrected chi connectivity index (χ4v) is 2.70. The maximum atomic E-state index is 12.5. The van der Waals surface area contributed by atoms with E-state index in [2.05, 4.69) is 16.0 Å². The number of amides is 3. The van der Waals surface area contributed by atoms with E-state index >= 15 is 0 Å². The topological polar surface area (TPSA) is 108 Å². The van der Waals surface area contributed by atoms with Gasteiger partial charge < -0.3 is 21.1 Å². The maximum absolute atomic E-state index is 12.5. The Morgan fingerprint density at radius 2 is 1.54 bits per heavy atom. The molecule has 0 fully saturated rings. The van der Waals surface area contributed by atoms with Crippen molar-refractivity contribution in [1.82, 2.24) is 10.6 Å². The standard InChI is InChI=1S/C21H25N3O4/c1-15(22-21(28)24-17-10-6-3-7-11-17)20(27)23-18(12-13-19(25)26)14-16-8-4-2-5-9-16/h2-11,15,18H,12-14H2,1H3,(H,23,27)(H,25,26)(H2,22,24,28). The molecule has 0 spiro atoms. The molecule has 148 valence electrons. The number of carbonyl (C=O) groups excluding carboxylic acids is 2. The third-order valence-corrected chi connectivity index (χ3v) is 4.15. The first-order valence-electron chi connectivity index (χ1n) is 9.12. The Morgan fingerprint density at radius 3 is 2.14 bits per heavy atom. The van der Waals surface area contributed by atoms with Crippen molar-refractivity contribution >= 4 is 23.6 Å². The summed E-state index contributed by atoms with van der Waals surface area (Å²) in [4.78, 5) is 35.4. The first kappa shape index (κ1) is 21.0. The molecule has 0 aliphatic heterocycles. The van der Waals surface area contributed by atoms with Crippen molar-refractivity contribution in [2.45, 2.75) is 38.3 Å². The van der Waals surface area contributed by atoms with E-state index in [0.717, 1.165) is 5.56 Å². The molecule has 7 nitrogen and oxygen atoms in total. The van der Waals surface area contributed by atoms with E-state index in [1.807, 2.05) is 36.4 Å². The highest BCUT2D eigenvalue weighted by Gasteiger charge is 2.20. The Bertz CT molecular complexity index is 781. The van der Waals surface area contributed by atoms with Gasteiger partial charge in [0.25, 0.3) is 0 Å². The summed E-state index contributed by atoms with van der Waals surface area (Å²) in [6.45, 7) is 1.58. The van der Waals surface area contributed by atoms with E-state index in [1.165, 1.54) is 0 Å². The number of aliphatic carboxylic acids is 1. The molecule has 0 aliphatic carbocycles. The molecule has 0 radical (unpaired) electrons. The summed E-state index contributed by atoms with van der Waals surface area (Å²) in [5.74, 6) is -1.28. The van der Waals surface area contributed by atoms with Gasteiger partial charge in [0.2, 0.25) is 5.91 Å². The number of carboxylic acid groups (broad SMARTS) is 1. The Labute approximate surface area is 164 Å². The summed E-state index contributed by atoms with van der Waals surface area (Å²) in [6.07, 6.45) is 0.774. The Kier molecular flexibility index (Phi) is 8.02. The number of hydrogen-bond donors (Lipinski definition) is 4. The lowest BCUT2D eigenvalue weighted by atomic mass is 10.0. The minimum atomic E-state index is -0.916. The molecule has 3 amide bonds. The van der Waals surface area contributed by atoms with E-state index in [-0.39, 0.29) is 18.4 Å². The van der Waals surface area contributed by atoms with Crippen LogP contribution in [-0.4, -0.2) is 35.1 Å². The lowest BCUT2D eigenvalue weighted by molar-refractivity contribution is -0.137. The number of benzene rings is 2. The summed E-state index contributed by atoms with van der Waals surface area (Å²) in [5, 5.41) is 17.0. The first-order valence-corrected chi connectivity index (χ1v) is 9.12. The summed E-state index contributed by atoms with van der Waals surface area (Å²) in [7, 11) is 0. The molecule has 0 saturated heterocycles. The molecule has 2 rings (SSSR count). The number of carbonyl (C=O) groups is 3. The van der Waals surface area contributed by atoms with E-state index in [0.29, 0.717) is 18.5 Å². The molecule has 0 heterocycles. The summed E-state index contributed by atoms with van der Waals surface area (Å²) in [5.41, 5.74) is 1.62. The largest absolute Gasteiger partial charge is 0.481 e. The lowest BCUT2D eigenvalue weighted by Crippen LogP contribution is -2.49. The highest BCUT2D eigenvalue weighted by atomic mass is 16.4. The summed E-state index contributed by atoms with van der Waals surface area (Å²) in [6, 6.07) is 16.8. The number of carboxylic acids is 1. The Balaban J connectivity index is 1.90. The van der Waals surface area contributed by atoms with Gasteiger partial charge in [0.1, 0.15) is 6.04 Å². The SMILES string of the molecule is CC(NC(=O)Nc1ccccc1)C(=O)NC(CCC(=O)O)Cc1ccccc1. The molecule has 7 heteroatoms. The second kappa shape index (κ2) is 10.7. The van der Waals surface area contributed by atoms with Crippen molar-refractivity contribution in [3.8, 4) is 0 Å². The van der Waals surface area contributed by atoms with Gasteiger partial charge in [-0.25, -0.2) is 4.79 Å². The van der Waals surface area contributed by atoms with Crippen molar-refractivity contribution in [1.29, 1.82) is 0 Å². The number of anilines is 1. The monoisotopic (exact) mass is 383 g/mol. The van der Waals surface area contributed by atoms with Crippen molar-refractivity contribution in [3.63, 3.8) is 0 Å². The molecular weight excluding hydrogens is 358 g/mol. The van der Waals surface area contributed by atoms with Crippen molar-refractivity contribution in [2.24, 2.45) is 0 Å². The molecule has 0 bridgehead atoms. The fraction of sp³-hybridized carbons (Fsp3) is 0.286. The average Bonchev–Trinajstić information content (AvgIpc) is 2.67. The van der Waals surface area contributed by atoms with E-state index in [1.54, 1.807) is 31.2 Å². The van der Waals surface area contributed by atoms with Crippen LogP contribution in [-0.2, 0) is 16.0 Å². The molecule has 2 unspecified atom stereocenters. The van der Waals surface area contributed by atoms with Gasteiger partial charge in [-0.15, -0.1) is 0 Å². The smallest absolute Gasteiger partial charge is 0.319 e. The number of para-hydroxylation sites is 1. The third kappa shape index (κ3) is 7.49. The van der Waals surface area contributed by atoms with Gasteiger partial charge in [-0.2, -0.15) is 0 Å². The van der Waals surface area contributed by atoms with Crippen LogP contribution in [0.5, 0.6) is 0 Å². The second-order valence-corrected chi connectivity index (χ2v) is 6.51. The summed E-state index contributed by atoms with van der Waals surface area (Å²) >= 11 is 0. The van der Waals surface area contributed by atoms with Crippen LogP contribution < -0.4 is 16.0 Å². The zero-order chi connectivity index (χ0) is 20.4. The van der Waals surface area contributed by atoms with Crippen LogP contribution in [0, 0.1) is 0 Å². The van der Waals surface area contributed by atoms with E-state index < -0.39 is 18.0 Å². The molecule has 0 saturated carbocycles. The molecule has 2 aromatic carbocycles. The van der Waals surface area contributed by atoms with Gasteiger partial charge in [-0.1, -0.05) is 48.5 Å². The van der Waals surface area contributed by atoms with Crippen LogP contribution in [0.2, 0.25) is 0 Å². The zero-order valence-electron chi connectivity index (χ0n) is 15.7. The highest BCUT2D eigenvalue weighted by Crippen LogP contribution is 2.09. The van der Waals surface area contributed by atoms with Gasteiger partial charge in [0.15, 0.2) is 0 Å². The molecular formula is C21H25N3O4. The van der Waals surface area contributed by atoms with Crippen LogP contribution in [0.4, 0.5) is 10.5 Å². The number of nitrogens with one attached hydrogen (secondary N) is 3. The highest BCUT2D eigenvalue weighted by molar-refractivity contribution is 5.93. The van der Waals surface area contributed by atoms with Gasteiger partial charge in [-0.3, -0.25) is 9.59 Å². The normalized spacial score (nSPS) is 12.5. The fourth-order valence-electron chi connectivity index (χ4n) is 2.70. The van der Waals surface area contributed by atoms with Crippen molar-refractivity contribution < 1.29 is 19.5 Å². The average molecular weight is 383 g/mol. The first-order chi connectivity index (χ1) is 13.4. The van der Waals surface area contributed by atoms with Crippen LogP contribution in [0.3, 0.4) is 0 Å². The molecule has 4 N–H and O–H groups in total. The zero-order valence-corrected chi connectivity index (χ0v) is 15.7. The minimum absolute atomic E-state index is 0.0475. The third-order valence-electron chi connectivity index (χ3n) is 4.15. The summed E-state index contributed by atoms with van der Waals surface area (Å²) < 4.78 is 0. The van der Waals surface area contributed by atoms with Crippen molar-refractivity contribution in [3.05, 3.63) is 66.2 Å². The van der Waals surface area contributed by atoms with E-state index in [4.69, 9.17) is 5.11 Å². The van der Waals surface area contributed by atoms with Gasteiger partial charge in [0, 0.05) is 18.2 Å². The molecule has 0 aliphatic rings. The van der Waals surface area contributed by atoms with Crippen molar-refractivity contribution in [2.75, 3.05) is 5.32 Å².